The van der Waals surface area contributed by atoms with E-state index in [-0.39, 0.29) is 5.78 Å². The maximum absolute atomic E-state index is 12.3. The number of Topliss-reactive ketones (excluding diaryl/α,β-unsaturated/α-hetero) is 1. The number of ketones is 1. The van der Waals surface area contributed by atoms with Gasteiger partial charge in [-0.3, -0.25) is 4.79 Å². The summed E-state index contributed by atoms with van der Waals surface area (Å²) in [6.45, 7) is 2.87. The molecular formula is C16H16O2S. The van der Waals surface area contributed by atoms with E-state index in [0.717, 1.165) is 41.2 Å². The molecule has 0 radical (unpaired) electrons. The number of rotatable bonds is 4. The van der Waals surface area contributed by atoms with Crippen LogP contribution in [0.25, 0.3) is 0 Å². The van der Waals surface area contributed by atoms with Gasteiger partial charge < -0.3 is 4.74 Å². The molecule has 1 aliphatic heterocycles. The van der Waals surface area contributed by atoms with E-state index in [1.807, 2.05) is 18.2 Å². The van der Waals surface area contributed by atoms with Crippen LogP contribution >= 0.6 is 11.3 Å². The van der Waals surface area contributed by atoms with Gasteiger partial charge in [-0.1, -0.05) is 6.92 Å². The zero-order valence-corrected chi connectivity index (χ0v) is 11.8. The first-order chi connectivity index (χ1) is 9.26. The predicted octanol–water partition coefficient (Wildman–Crippen LogP) is 3.67. The Hall–Kier alpha value is -1.61. The van der Waals surface area contributed by atoms with Gasteiger partial charge in [-0.2, -0.15) is 0 Å². The minimum atomic E-state index is 0.194. The lowest BCUT2D eigenvalue weighted by molar-refractivity contribution is 0.0994. The second kappa shape index (κ2) is 5.17. The smallest absolute Gasteiger partial charge is 0.168 e. The maximum atomic E-state index is 12.3. The Kier molecular flexibility index (Phi) is 3.38. The van der Waals surface area contributed by atoms with Crippen molar-refractivity contribution >= 4 is 17.1 Å². The monoisotopic (exact) mass is 272 g/mol. The van der Waals surface area contributed by atoms with Crippen molar-refractivity contribution in [3.63, 3.8) is 0 Å². The summed E-state index contributed by atoms with van der Waals surface area (Å²) in [7, 11) is 0. The molecule has 1 aliphatic rings. The van der Waals surface area contributed by atoms with Crippen LogP contribution in [0.15, 0.2) is 30.3 Å². The van der Waals surface area contributed by atoms with Gasteiger partial charge in [0.25, 0.3) is 0 Å². The summed E-state index contributed by atoms with van der Waals surface area (Å²) in [6.07, 6.45) is 2.45. The molecule has 0 saturated carbocycles. The fourth-order valence-electron chi connectivity index (χ4n) is 2.33. The number of carbonyl (C=O) groups excluding carboxylic acids is 1. The van der Waals surface area contributed by atoms with Crippen LogP contribution in [0, 0.1) is 0 Å². The molecule has 0 unspecified atom stereocenters. The second-order valence-electron chi connectivity index (χ2n) is 4.74. The minimum absolute atomic E-state index is 0.194. The van der Waals surface area contributed by atoms with E-state index in [1.165, 1.54) is 4.88 Å². The number of ether oxygens (including phenoxy) is 1. The predicted molar refractivity (Wildman–Crippen MR) is 77.4 cm³/mol. The number of carbonyl (C=O) groups is 1. The van der Waals surface area contributed by atoms with Gasteiger partial charge in [0.1, 0.15) is 5.75 Å². The van der Waals surface area contributed by atoms with Crippen molar-refractivity contribution in [2.45, 2.75) is 26.2 Å². The number of benzene rings is 1. The van der Waals surface area contributed by atoms with Crippen LogP contribution in [-0.4, -0.2) is 12.4 Å². The van der Waals surface area contributed by atoms with Crippen molar-refractivity contribution in [2.75, 3.05) is 6.61 Å². The molecule has 2 heterocycles. The first-order valence-electron chi connectivity index (χ1n) is 6.63. The van der Waals surface area contributed by atoms with Crippen LogP contribution in [-0.2, 0) is 19.3 Å². The number of thiophene rings is 1. The Morgan fingerprint density at radius 2 is 2.11 bits per heavy atom. The third-order valence-corrected chi connectivity index (χ3v) is 4.64. The van der Waals surface area contributed by atoms with Gasteiger partial charge in [0.2, 0.25) is 0 Å². The summed E-state index contributed by atoms with van der Waals surface area (Å²) in [5, 5.41) is 0. The molecule has 19 heavy (non-hydrogen) atoms. The van der Waals surface area contributed by atoms with Gasteiger partial charge in [0, 0.05) is 28.2 Å². The van der Waals surface area contributed by atoms with E-state index in [1.54, 1.807) is 11.3 Å². The van der Waals surface area contributed by atoms with Gasteiger partial charge in [-0.15, -0.1) is 11.3 Å². The molecule has 3 heteroatoms. The lowest BCUT2D eigenvalue weighted by Gasteiger charge is -2.02. The molecule has 0 saturated heterocycles. The molecule has 3 rings (SSSR count). The highest BCUT2D eigenvalue weighted by atomic mass is 32.1. The molecular weight excluding hydrogens is 256 g/mol. The van der Waals surface area contributed by atoms with Gasteiger partial charge in [0.15, 0.2) is 5.78 Å². The number of fused-ring (bicyclic) bond motifs is 1. The minimum Gasteiger partial charge on any atom is -0.493 e. The number of hydrogen-bond acceptors (Lipinski definition) is 3. The molecule has 2 aromatic rings. The average molecular weight is 272 g/mol. The topological polar surface area (TPSA) is 26.3 Å². The van der Waals surface area contributed by atoms with Crippen molar-refractivity contribution in [1.29, 1.82) is 0 Å². The van der Waals surface area contributed by atoms with E-state index < -0.39 is 0 Å². The van der Waals surface area contributed by atoms with Crippen molar-refractivity contribution in [2.24, 2.45) is 0 Å². The summed E-state index contributed by atoms with van der Waals surface area (Å²) in [6, 6.07) is 9.96. The number of hydrogen-bond donors (Lipinski definition) is 0. The van der Waals surface area contributed by atoms with E-state index in [4.69, 9.17) is 4.74 Å². The number of aryl methyl sites for hydroxylation is 1. The Labute approximate surface area is 117 Å². The Balaban J connectivity index is 1.76. The highest BCUT2D eigenvalue weighted by Gasteiger charge is 2.15. The van der Waals surface area contributed by atoms with Crippen LogP contribution in [0.2, 0.25) is 0 Å². The maximum Gasteiger partial charge on any atom is 0.168 e. The summed E-state index contributed by atoms with van der Waals surface area (Å²) in [5.74, 6) is 1.13. The van der Waals surface area contributed by atoms with E-state index in [9.17, 15) is 4.79 Å². The van der Waals surface area contributed by atoms with Gasteiger partial charge in [0.05, 0.1) is 6.61 Å². The SMILES string of the molecule is CCc1ccc(CC(=O)c2ccc3c(c2)CCO3)s1. The zero-order chi connectivity index (χ0) is 13.2. The zero-order valence-electron chi connectivity index (χ0n) is 10.9. The van der Waals surface area contributed by atoms with Gasteiger partial charge >= 0.3 is 0 Å². The molecule has 2 nitrogen and oxygen atoms in total. The normalized spacial score (nSPS) is 13.1. The molecule has 0 N–H and O–H groups in total. The van der Waals surface area contributed by atoms with Crippen molar-refractivity contribution < 1.29 is 9.53 Å². The fourth-order valence-corrected chi connectivity index (χ4v) is 3.28. The molecule has 98 valence electrons. The summed E-state index contributed by atoms with van der Waals surface area (Å²) in [5.41, 5.74) is 1.96. The van der Waals surface area contributed by atoms with Gasteiger partial charge in [-0.05, 0) is 42.3 Å². The standard InChI is InChI=1S/C16H16O2S/c1-2-13-4-5-14(19-13)10-15(17)11-3-6-16-12(9-11)7-8-18-16/h3-6,9H,2,7-8,10H2,1H3. The molecule has 1 aromatic heterocycles. The van der Waals surface area contributed by atoms with E-state index in [2.05, 4.69) is 19.1 Å². The third kappa shape index (κ3) is 2.56. The molecule has 0 amide bonds. The van der Waals surface area contributed by atoms with Crippen LogP contribution in [0.5, 0.6) is 5.75 Å². The first-order valence-corrected chi connectivity index (χ1v) is 7.44. The Morgan fingerprint density at radius 3 is 2.89 bits per heavy atom. The van der Waals surface area contributed by atoms with Crippen molar-refractivity contribution in [1.82, 2.24) is 0 Å². The molecule has 0 spiro atoms. The lowest BCUT2D eigenvalue weighted by atomic mass is 10.0. The average Bonchev–Trinajstić information content (AvgIpc) is 3.05. The summed E-state index contributed by atoms with van der Waals surface area (Å²) >= 11 is 1.74. The van der Waals surface area contributed by atoms with Crippen LogP contribution in [0.3, 0.4) is 0 Å². The third-order valence-electron chi connectivity index (χ3n) is 3.41. The van der Waals surface area contributed by atoms with E-state index >= 15 is 0 Å². The highest BCUT2D eigenvalue weighted by Crippen LogP contribution is 2.27. The van der Waals surface area contributed by atoms with Crippen molar-refractivity contribution in [3.8, 4) is 5.75 Å². The van der Waals surface area contributed by atoms with E-state index in [0.29, 0.717) is 6.42 Å². The van der Waals surface area contributed by atoms with Gasteiger partial charge in [-0.25, -0.2) is 0 Å². The largest absolute Gasteiger partial charge is 0.493 e. The first kappa shape index (κ1) is 12.4. The molecule has 0 aliphatic carbocycles. The Bertz CT molecular complexity index is 613. The van der Waals surface area contributed by atoms with Crippen LogP contribution in [0.1, 0.15) is 32.6 Å². The van der Waals surface area contributed by atoms with Crippen LogP contribution < -0.4 is 4.74 Å². The summed E-state index contributed by atoms with van der Waals surface area (Å²) < 4.78 is 5.46. The second-order valence-corrected chi connectivity index (χ2v) is 6.00. The summed E-state index contributed by atoms with van der Waals surface area (Å²) in [4.78, 5) is 14.8. The van der Waals surface area contributed by atoms with Crippen LogP contribution in [0.4, 0.5) is 0 Å². The fraction of sp³-hybridized carbons (Fsp3) is 0.312. The Morgan fingerprint density at radius 1 is 1.26 bits per heavy atom. The molecule has 0 atom stereocenters. The highest BCUT2D eigenvalue weighted by molar-refractivity contribution is 7.12. The molecule has 0 fully saturated rings. The molecule has 0 bridgehead atoms. The molecule has 1 aromatic carbocycles. The lowest BCUT2D eigenvalue weighted by Crippen LogP contribution is -2.02. The quantitative estimate of drug-likeness (QED) is 0.794. The van der Waals surface area contributed by atoms with Crippen molar-refractivity contribution in [3.05, 3.63) is 51.2 Å².